The van der Waals surface area contributed by atoms with E-state index in [0.29, 0.717) is 31.6 Å². The molecule has 636 valence electrons. The van der Waals surface area contributed by atoms with E-state index in [1.165, 1.54) is 270 Å². The van der Waals surface area contributed by atoms with Crippen molar-refractivity contribution in [3.05, 3.63) is 0 Å². The smallest absolute Gasteiger partial charge is 0.462 e. The van der Waals surface area contributed by atoms with Crippen LogP contribution in [-0.2, 0) is 65.4 Å². The van der Waals surface area contributed by atoms with Crippen molar-refractivity contribution in [2.45, 2.75) is 484 Å². The van der Waals surface area contributed by atoms with Gasteiger partial charge in [0, 0.05) is 25.7 Å². The molecule has 0 aromatic carbocycles. The first-order valence-electron chi connectivity index (χ1n) is 45.4. The third kappa shape index (κ3) is 79.1. The molecule has 17 nitrogen and oxygen atoms in total. The van der Waals surface area contributed by atoms with E-state index in [2.05, 4.69) is 48.5 Å². The Morgan fingerprint density at radius 2 is 0.477 bits per heavy atom. The Labute approximate surface area is 658 Å². The highest BCUT2D eigenvalue weighted by Crippen LogP contribution is 2.45. The van der Waals surface area contributed by atoms with E-state index < -0.39 is 97.5 Å². The number of carbonyl (C=O) groups excluding carboxylic acids is 4. The molecule has 7 atom stereocenters. The van der Waals surface area contributed by atoms with E-state index in [-0.39, 0.29) is 25.7 Å². The molecule has 0 saturated carbocycles. The van der Waals surface area contributed by atoms with Crippen molar-refractivity contribution in [2.75, 3.05) is 39.6 Å². The molecular formula is C88H172O17P2. The molecule has 3 N–H and O–H groups in total. The van der Waals surface area contributed by atoms with Crippen molar-refractivity contribution in [1.82, 2.24) is 0 Å². The molecule has 0 bridgehead atoms. The van der Waals surface area contributed by atoms with E-state index in [9.17, 15) is 43.2 Å². The minimum atomic E-state index is -4.97. The number of unbranched alkanes of at least 4 members (excludes halogenated alkanes) is 52. The molecule has 0 aliphatic heterocycles. The zero-order valence-corrected chi connectivity index (χ0v) is 72.4. The topological polar surface area (TPSA) is 237 Å². The van der Waals surface area contributed by atoms with Gasteiger partial charge in [-0.25, -0.2) is 9.13 Å². The molecule has 0 amide bonds. The maximum atomic E-state index is 13.2. The first-order chi connectivity index (χ1) is 51.8. The quantitative estimate of drug-likeness (QED) is 0.0222. The number of ether oxygens (including phenoxy) is 4. The number of aliphatic hydroxyl groups is 1. The third-order valence-corrected chi connectivity index (χ3v) is 23.3. The van der Waals surface area contributed by atoms with Crippen LogP contribution in [0.25, 0.3) is 0 Å². The van der Waals surface area contributed by atoms with E-state index in [0.717, 1.165) is 108 Å². The first kappa shape index (κ1) is 105. The summed E-state index contributed by atoms with van der Waals surface area (Å²) in [6, 6.07) is 0. The monoisotopic (exact) mass is 1560 g/mol. The number of aliphatic hydroxyl groups excluding tert-OH is 1. The molecule has 0 fully saturated rings. The SMILES string of the molecule is CCCCCCCCCCCCCCCCCCCCCCCC(=O)OC[C@H](COP(=O)(O)OC[C@@H](O)COP(=O)(O)OC[C@@H](COC(=O)CCCCCCCCCC(C)C)OC(=O)CCCCCCCCCCCCC(C)CC)OC(=O)CCCCCCCCCCCCCCCCCCCCC(C)CC. The van der Waals surface area contributed by atoms with Crippen LogP contribution in [0.5, 0.6) is 0 Å². The average molecular weight is 1560 g/mol. The van der Waals surface area contributed by atoms with Gasteiger partial charge in [0.15, 0.2) is 12.2 Å². The molecular weight excluding hydrogens is 1390 g/mol. The lowest BCUT2D eigenvalue weighted by molar-refractivity contribution is -0.161. The molecule has 0 aliphatic rings. The molecule has 0 aromatic heterocycles. The fourth-order valence-electron chi connectivity index (χ4n) is 13.7. The number of hydrogen-bond acceptors (Lipinski definition) is 15. The Kier molecular flexibility index (Phi) is 76.6. The van der Waals surface area contributed by atoms with Crippen molar-refractivity contribution in [3.8, 4) is 0 Å². The maximum absolute atomic E-state index is 13.2. The standard InChI is InChI=1S/C88H172O17P2/c1-8-11-12-13-14-15-16-17-18-19-20-21-22-26-29-32-35-41-48-55-62-69-85(90)98-75-83(104-87(92)71-64-57-49-42-36-33-30-27-24-23-25-28-31-34-39-46-53-60-67-80(6)9-2)77-102-106(94,95)100-73-82(89)74-101-107(96,97)103-78-84(76-99-86(91)70-63-56-51-44-45-52-59-66-79(4)5)105-88(93)72-65-58-50-43-38-37-40-47-54-61-68-81(7)10-3/h79-84,89H,8-78H2,1-7H3,(H,94,95)(H,96,97)/t80?,81?,82-,83-,84-/m1/s1. The van der Waals surface area contributed by atoms with Gasteiger partial charge in [-0.2, -0.15) is 0 Å². The second kappa shape index (κ2) is 78.0. The number of phosphoric acid groups is 2. The second-order valence-electron chi connectivity index (χ2n) is 32.6. The number of hydrogen-bond donors (Lipinski definition) is 3. The third-order valence-electron chi connectivity index (χ3n) is 21.4. The Balaban J connectivity index is 5.21. The summed E-state index contributed by atoms with van der Waals surface area (Å²) in [5.74, 6) is 0.273. The molecule has 0 aliphatic carbocycles. The van der Waals surface area contributed by atoms with Crippen molar-refractivity contribution in [2.24, 2.45) is 17.8 Å². The van der Waals surface area contributed by atoms with E-state index in [1.807, 2.05) is 0 Å². The fourth-order valence-corrected chi connectivity index (χ4v) is 15.2. The largest absolute Gasteiger partial charge is 0.472 e. The van der Waals surface area contributed by atoms with Crippen LogP contribution < -0.4 is 0 Å². The Hall–Kier alpha value is -1.94. The minimum Gasteiger partial charge on any atom is -0.462 e. The minimum absolute atomic E-state index is 0.106. The van der Waals surface area contributed by atoms with E-state index in [1.54, 1.807) is 0 Å². The number of carbonyl (C=O) groups is 4. The van der Waals surface area contributed by atoms with Crippen molar-refractivity contribution in [1.29, 1.82) is 0 Å². The van der Waals surface area contributed by atoms with Crippen LogP contribution in [0.4, 0.5) is 0 Å². The lowest BCUT2D eigenvalue weighted by Gasteiger charge is -2.21. The van der Waals surface area contributed by atoms with Crippen LogP contribution in [-0.4, -0.2) is 96.7 Å². The Morgan fingerprint density at radius 1 is 0.271 bits per heavy atom. The van der Waals surface area contributed by atoms with Crippen molar-refractivity contribution in [3.63, 3.8) is 0 Å². The van der Waals surface area contributed by atoms with Crippen LogP contribution in [0, 0.1) is 17.8 Å². The molecule has 0 radical (unpaired) electrons. The first-order valence-corrected chi connectivity index (χ1v) is 48.4. The van der Waals surface area contributed by atoms with Gasteiger partial charge in [-0.1, -0.05) is 414 Å². The lowest BCUT2D eigenvalue weighted by Crippen LogP contribution is -2.30. The highest BCUT2D eigenvalue weighted by Gasteiger charge is 2.31. The molecule has 0 heterocycles. The van der Waals surface area contributed by atoms with Crippen LogP contribution >= 0.6 is 15.6 Å². The predicted octanol–water partition coefficient (Wildman–Crippen LogP) is 26.9. The summed E-state index contributed by atoms with van der Waals surface area (Å²) in [5, 5.41) is 10.7. The summed E-state index contributed by atoms with van der Waals surface area (Å²) in [7, 11) is -9.93. The van der Waals surface area contributed by atoms with Crippen LogP contribution in [0.2, 0.25) is 0 Å². The molecule has 4 unspecified atom stereocenters. The predicted molar refractivity (Wildman–Crippen MR) is 441 cm³/mol. The van der Waals surface area contributed by atoms with Crippen molar-refractivity contribution < 1.29 is 80.2 Å². The Morgan fingerprint density at radius 3 is 0.710 bits per heavy atom. The number of rotatable bonds is 86. The second-order valence-corrected chi connectivity index (χ2v) is 35.5. The molecule has 107 heavy (non-hydrogen) atoms. The summed E-state index contributed by atoms with van der Waals surface area (Å²) in [5.41, 5.74) is 0. The summed E-state index contributed by atoms with van der Waals surface area (Å²) in [6.07, 6.45) is 69.6. The zero-order valence-electron chi connectivity index (χ0n) is 70.6. The van der Waals surface area contributed by atoms with Gasteiger partial charge >= 0.3 is 39.5 Å². The zero-order chi connectivity index (χ0) is 78.6. The summed E-state index contributed by atoms with van der Waals surface area (Å²) >= 11 is 0. The van der Waals surface area contributed by atoms with E-state index in [4.69, 9.17) is 37.0 Å². The normalized spacial score (nSPS) is 14.3. The average Bonchev–Trinajstić information content (AvgIpc) is 0.901. The van der Waals surface area contributed by atoms with Gasteiger partial charge in [0.05, 0.1) is 26.4 Å². The van der Waals surface area contributed by atoms with Gasteiger partial charge < -0.3 is 33.8 Å². The molecule has 0 saturated heterocycles. The molecule has 0 aromatic rings. The fraction of sp³-hybridized carbons (Fsp3) is 0.955. The van der Waals surface area contributed by atoms with Crippen LogP contribution in [0.15, 0.2) is 0 Å². The highest BCUT2D eigenvalue weighted by molar-refractivity contribution is 7.47. The molecule has 0 spiro atoms. The highest BCUT2D eigenvalue weighted by atomic mass is 31.2. The van der Waals surface area contributed by atoms with Gasteiger partial charge in [-0.15, -0.1) is 0 Å². The molecule has 0 rings (SSSR count). The molecule has 19 heteroatoms. The van der Waals surface area contributed by atoms with Gasteiger partial charge in [0.25, 0.3) is 0 Å². The summed E-state index contributed by atoms with van der Waals surface area (Å²) in [4.78, 5) is 73.2. The van der Waals surface area contributed by atoms with Crippen LogP contribution in [0.1, 0.15) is 466 Å². The number of esters is 4. The van der Waals surface area contributed by atoms with Gasteiger partial charge in [-0.3, -0.25) is 37.3 Å². The van der Waals surface area contributed by atoms with Gasteiger partial charge in [-0.05, 0) is 43.4 Å². The van der Waals surface area contributed by atoms with Crippen LogP contribution in [0.3, 0.4) is 0 Å². The summed E-state index contributed by atoms with van der Waals surface area (Å²) in [6.45, 7) is 12.0. The van der Waals surface area contributed by atoms with E-state index >= 15 is 0 Å². The number of phosphoric ester groups is 2. The lowest BCUT2D eigenvalue weighted by atomic mass is 9.99. The Bertz CT molecular complexity index is 2060. The van der Waals surface area contributed by atoms with Gasteiger partial charge in [0.2, 0.25) is 0 Å². The summed E-state index contributed by atoms with van der Waals surface area (Å²) < 4.78 is 68.9. The maximum Gasteiger partial charge on any atom is 0.472 e. The van der Waals surface area contributed by atoms with Crippen molar-refractivity contribution >= 4 is 39.5 Å². The van der Waals surface area contributed by atoms with Gasteiger partial charge in [0.1, 0.15) is 19.3 Å².